The summed E-state index contributed by atoms with van der Waals surface area (Å²) in [5.41, 5.74) is 7.67. The molecule has 2 amide bonds. The maximum absolute atomic E-state index is 13.0. The van der Waals surface area contributed by atoms with E-state index in [1.807, 2.05) is 44.2 Å². The Labute approximate surface area is 314 Å². The molecule has 52 heavy (non-hydrogen) atoms. The van der Waals surface area contributed by atoms with E-state index in [1.165, 1.54) is 31.0 Å². The SMILES string of the molecule is CCc1ccc(NC(=O)C(N=Nc2ccc(-c3cc(Cl)c(N=NC(C(C)=O)C(=O)Nc4ccc(CC)c(CC)c4)cc3Cl)cc2)C(C)=O)cc1CC. The molecule has 0 bridgehead atoms. The molecule has 10 nitrogen and oxygen atoms in total. The summed E-state index contributed by atoms with van der Waals surface area (Å²) in [7, 11) is 0. The smallest absolute Gasteiger partial charge is 0.258 e. The molecule has 0 fully saturated rings. The van der Waals surface area contributed by atoms with Crippen molar-refractivity contribution in [1.82, 2.24) is 0 Å². The van der Waals surface area contributed by atoms with Crippen LogP contribution in [0.2, 0.25) is 10.0 Å². The predicted molar refractivity (Wildman–Crippen MR) is 208 cm³/mol. The summed E-state index contributed by atoms with van der Waals surface area (Å²) in [6, 6.07) is 18.6. The van der Waals surface area contributed by atoms with E-state index in [4.69, 9.17) is 23.2 Å². The van der Waals surface area contributed by atoms with Gasteiger partial charge in [0, 0.05) is 16.9 Å². The molecule has 0 radical (unpaired) electrons. The van der Waals surface area contributed by atoms with E-state index in [-0.39, 0.29) is 10.7 Å². The van der Waals surface area contributed by atoms with E-state index in [0.29, 0.717) is 33.2 Å². The lowest BCUT2D eigenvalue weighted by molar-refractivity contribution is -0.127. The van der Waals surface area contributed by atoms with Crippen LogP contribution >= 0.6 is 23.2 Å². The Hall–Kier alpha value is -5.06. The van der Waals surface area contributed by atoms with E-state index in [2.05, 4.69) is 44.9 Å². The zero-order chi connectivity index (χ0) is 37.9. The van der Waals surface area contributed by atoms with Crippen LogP contribution in [-0.2, 0) is 44.9 Å². The van der Waals surface area contributed by atoms with Gasteiger partial charge in [-0.2, -0.15) is 20.5 Å². The molecule has 0 aliphatic rings. The molecular formula is C40H42Cl2N6O4. The quantitative estimate of drug-likeness (QED) is 0.0924. The van der Waals surface area contributed by atoms with Gasteiger partial charge in [-0.3, -0.25) is 19.2 Å². The molecule has 0 aliphatic carbocycles. The highest BCUT2D eigenvalue weighted by molar-refractivity contribution is 6.37. The molecule has 0 aliphatic heterocycles. The number of anilines is 2. The molecule has 0 spiro atoms. The number of aryl methyl sites for hydroxylation is 4. The summed E-state index contributed by atoms with van der Waals surface area (Å²) in [6.07, 6.45) is 3.39. The molecule has 4 aromatic carbocycles. The number of hydrogen-bond donors (Lipinski definition) is 2. The van der Waals surface area contributed by atoms with Crippen LogP contribution in [0.15, 0.2) is 93.3 Å². The Morgan fingerprint density at radius 2 is 1.04 bits per heavy atom. The number of azo groups is 2. The maximum Gasteiger partial charge on any atom is 0.258 e. The third-order valence-electron chi connectivity index (χ3n) is 8.52. The van der Waals surface area contributed by atoms with Gasteiger partial charge < -0.3 is 10.6 Å². The van der Waals surface area contributed by atoms with E-state index in [9.17, 15) is 19.2 Å². The van der Waals surface area contributed by atoms with Gasteiger partial charge in [0.05, 0.1) is 15.7 Å². The maximum atomic E-state index is 13.0. The van der Waals surface area contributed by atoms with E-state index in [1.54, 1.807) is 36.4 Å². The lowest BCUT2D eigenvalue weighted by atomic mass is 10.0. The van der Waals surface area contributed by atoms with Gasteiger partial charge in [-0.25, -0.2) is 0 Å². The zero-order valence-electron chi connectivity index (χ0n) is 30.1. The first-order valence-electron chi connectivity index (χ1n) is 17.2. The fourth-order valence-corrected chi connectivity index (χ4v) is 6.07. The van der Waals surface area contributed by atoms with E-state index < -0.39 is 35.5 Å². The summed E-state index contributed by atoms with van der Waals surface area (Å²) in [6.45, 7) is 10.8. The number of nitrogens with zero attached hydrogens (tertiary/aromatic N) is 4. The highest BCUT2D eigenvalue weighted by Crippen LogP contribution is 2.38. The van der Waals surface area contributed by atoms with Gasteiger partial charge in [0.25, 0.3) is 11.8 Å². The summed E-state index contributed by atoms with van der Waals surface area (Å²) in [5.74, 6) is -2.11. The molecule has 270 valence electrons. The molecule has 4 rings (SSSR count). The van der Waals surface area contributed by atoms with Gasteiger partial charge in [0.15, 0.2) is 11.6 Å². The number of benzene rings is 4. The zero-order valence-corrected chi connectivity index (χ0v) is 31.6. The molecule has 0 saturated heterocycles. The first-order chi connectivity index (χ1) is 24.9. The molecule has 2 atom stereocenters. The fraction of sp³-hybridized carbons (Fsp3) is 0.300. The standard InChI is InChI=1S/C40H42Cl2N6O4/c1-7-25-11-17-31(19-27(25)9-3)43-39(51)37(23(5)49)47-45-30-15-13-29(14-16-30)33-21-35(42)36(22-34(33)41)46-48-38(24(6)50)40(52)44-32-18-12-26(8-2)28(10-4)20-32/h11-22,37-38H,7-10H2,1-6H3,(H,43,51)(H,44,52). The van der Waals surface area contributed by atoms with E-state index >= 15 is 0 Å². The summed E-state index contributed by atoms with van der Waals surface area (Å²) >= 11 is 13.2. The van der Waals surface area contributed by atoms with Crippen molar-refractivity contribution in [3.8, 4) is 11.1 Å². The van der Waals surface area contributed by atoms with Crippen LogP contribution in [-0.4, -0.2) is 35.5 Å². The Morgan fingerprint density at radius 3 is 1.48 bits per heavy atom. The number of rotatable bonds is 15. The average Bonchev–Trinajstić information content (AvgIpc) is 3.12. The van der Waals surface area contributed by atoms with Crippen molar-refractivity contribution < 1.29 is 19.2 Å². The second-order valence-electron chi connectivity index (χ2n) is 12.1. The van der Waals surface area contributed by atoms with Crippen LogP contribution < -0.4 is 10.6 Å². The molecular weight excluding hydrogens is 699 g/mol. The summed E-state index contributed by atoms with van der Waals surface area (Å²) < 4.78 is 0. The minimum atomic E-state index is -1.39. The normalized spacial score (nSPS) is 12.5. The van der Waals surface area contributed by atoms with Crippen LogP contribution in [0.3, 0.4) is 0 Å². The van der Waals surface area contributed by atoms with Crippen molar-refractivity contribution in [3.63, 3.8) is 0 Å². The van der Waals surface area contributed by atoms with Crippen molar-refractivity contribution >= 4 is 69.3 Å². The summed E-state index contributed by atoms with van der Waals surface area (Å²) in [4.78, 5) is 50.7. The molecule has 12 heteroatoms. The van der Waals surface area contributed by atoms with Crippen LogP contribution in [0.1, 0.15) is 63.8 Å². The second kappa shape index (κ2) is 18.4. The minimum absolute atomic E-state index is 0.182. The molecule has 2 N–H and O–H groups in total. The van der Waals surface area contributed by atoms with Gasteiger partial charge in [0.2, 0.25) is 12.1 Å². The van der Waals surface area contributed by atoms with Gasteiger partial charge in [-0.15, -0.1) is 0 Å². The number of amides is 2. The highest BCUT2D eigenvalue weighted by atomic mass is 35.5. The van der Waals surface area contributed by atoms with Crippen LogP contribution in [0.5, 0.6) is 0 Å². The third kappa shape index (κ3) is 10.0. The number of nitrogens with one attached hydrogen (secondary N) is 2. The summed E-state index contributed by atoms with van der Waals surface area (Å²) in [5, 5.41) is 22.4. The number of carbonyl (C=O) groups is 4. The Morgan fingerprint density at radius 1 is 0.577 bits per heavy atom. The lowest BCUT2D eigenvalue weighted by Gasteiger charge is -2.13. The van der Waals surface area contributed by atoms with Crippen LogP contribution in [0.4, 0.5) is 22.7 Å². The van der Waals surface area contributed by atoms with Crippen molar-refractivity contribution in [2.24, 2.45) is 20.5 Å². The number of hydrogen-bond acceptors (Lipinski definition) is 8. The van der Waals surface area contributed by atoms with Gasteiger partial charge in [-0.05, 0) is 116 Å². The van der Waals surface area contributed by atoms with Crippen molar-refractivity contribution in [2.45, 2.75) is 79.3 Å². The molecule has 2 unspecified atom stereocenters. The third-order valence-corrected chi connectivity index (χ3v) is 9.14. The first-order valence-corrected chi connectivity index (χ1v) is 17.9. The number of carbonyl (C=O) groups excluding carboxylic acids is 4. The first kappa shape index (κ1) is 39.7. The molecule has 0 heterocycles. The van der Waals surface area contributed by atoms with Crippen molar-refractivity contribution in [1.29, 1.82) is 0 Å². The minimum Gasteiger partial charge on any atom is -0.324 e. The number of halogens is 2. The molecule has 0 aromatic heterocycles. The Kier molecular flexibility index (Phi) is 14.1. The molecule has 4 aromatic rings. The Balaban J connectivity index is 1.46. The molecule has 0 saturated carbocycles. The number of ketones is 2. The Bertz CT molecular complexity index is 2030. The highest BCUT2D eigenvalue weighted by Gasteiger charge is 2.25. The monoisotopic (exact) mass is 740 g/mol. The fourth-order valence-electron chi connectivity index (χ4n) is 5.60. The largest absolute Gasteiger partial charge is 0.324 e. The van der Waals surface area contributed by atoms with Crippen molar-refractivity contribution in [2.75, 3.05) is 10.6 Å². The van der Waals surface area contributed by atoms with E-state index in [0.717, 1.165) is 36.8 Å². The van der Waals surface area contributed by atoms with Gasteiger partial charge in [0.1, 0.15) is 5.69 Å². The van der Waals surface area contributed by atoms with Gasteiger partial charge >= 0.3 is 0 Å². The van der Waals surface area contributed by atoms with Gasteiger partial charge in [-0.1, -0.05) is 75.2 Å². The topological polar surface area (TPSA) is 142 Å². The van der Waals surface area contributed by atoms with Crippen LogP contribution in [0.25, 0.3) is 11.1 Å². The lowest BCUT2D eigenvalue weighted by Crippen LogP contribution is -2.31. The average molecular weight is 742 g/mol. The van der Waals surface area contributed by atoms with Crippen molar-refractivity contribution in [3.05, 3.63) is 105 Å². The predicted octanol–water partition coefficient (Wildman–Crippen LogP) is 10.3. The number of Topliss-reactive ketones (excluding diaryl/α,β-unsaturated/α-hetero) is 2. The second-order valence-corrected chi connectivity index (χ2v) is 13.0. The van der Waals surface area contributed by atoms with Crippen LogP contribution in [0, 0.1) is 0 Å².